The summed E-state index contributed by atoms with van der Waals surface area (Å²) in [4.78, 5) is 23.5. The van der Waals surface area contributed by atoms with Crippen LogP contribution in [0.15, 0.2) is 23.1 Å². The molecule has 2 rings (SSSR count). The summed E-state index contributed by atoms with van der Waals surface area (Å²) in [5, 5.41) is 10.5. The van der Waals surface area contributed by atoms with Gasteiger partial charge in [-0.05, 0) is 12.1 Å². The van der Waals surface area contributed by atoms with E-state index in [0.29, 0.717) is 5.75 Å². The molecule has 0 aliphatic carbocycles. The monoisotopic (exact) mass is 371 g/mol. The van der Waals surface area contributed by atoms with Crippen molar-refractivity contribution in [2.45, 2.75) is 11.3 Å². The molecule has 1 fully saturated rings. The number of nitrogens with zero attached hydrogens (tertiary/aromatic N) is 2. The minimum absolute atomic E-state index is 0.0242. The Morgan fingerprint density at radius 1 is 1.12 bits per heavy atom. The molecule has 0 saturated carbocycles. The third-order valence-corrected chi connectivity index (χ3v) is 5.80. The Labute approximate surface area is 145 Å². The maximum absolute atomic E-state index is 12.9. The minimum Gasteiger partial charge on any atom is -0.550 e. The van der Waals surface area contributed by atoms with E-state index in [4.69, 9.17) is 9.47 Å². The van der Waals surface area contributed by atoms with E-state index in [0.717, 1.165) is 0 Å². The number of aliphatic carboxylic acids is 1. The molecular formula is C15H19N2O7S-. The Hall–Kier alpha value is -2.33. The van der Waals surface area contributed by atoms with Gasteiger partial charge in [-0.2, -0.15) is 4.31 Å². The van der Waals surface area contributed by atoms with Gasteiger partial charge in [-0.3, -0.25) is 4.79 Å². The average molecular weight is 371 g/mol. The van der Waals surface area contributed by atoms with Gasteiger partial charge in [0.15, 0.2) is 0 Å². The molecule has 1 aliphatic rings. The lowest BCUT2D eigenvalue weighted by atomic mass is 10.3. The van der Waals surface area contributed by atoms with Gasteiger partial charge in [0.25, 0.3) is 0 Å². The van der Waals surface area contributed by atoms with Gasteiger partial charge in [0, 0.05) is 32.2 Å². The zero-order chi connectivity index (χ0) is 18.6. The summed E-state index contributed by atoms with van der Waals surface area (Å²) in [6.07, 6.45) is -0.712. The van der Waals surface area contributed by atoms with E-state index in [1.807, 2.05) is 0 Å². The Kier molecular flexibility index (Phi) is 5.85. The number of amides is 1. The molecular weight excluding hydrogens is 352 g/mol. The molecule has 9 nitrogen and oxygen atoms in total. The number of sulfonamides is 1. The van der Waals surface area contributed by atoms with Crippen LogP contribution in [-0.2, 0) is 19.6 Å². The molecule has 1 amide bonds. The van der Waals surface area contributed by atoms with Crippen LogP contribution in [0.2, 0.25) is 0 Å². The number of ether oxygens (including phenoxy) is 2. The summed E-state index contributed by atoms with van der Waals surface area (Å²) in [7, 11) is -1.05. The number of rotatable bonds is 6. The first-order chi connectivity index (χ1) is 11.8. The highest BCUT2D eigenvalue weighted by Crippen LogP contribution is 2.31. The van der Waals surface area contributed by atoms with Crippen molar-refractivity contribution in [3.8, 4) is 11.5 Å². The fourth-order valence-corrected chi connectivity index (χ4v) is 4.13. The number of hydrogen-bond acceptors (Lipinski definition) is 7. The highest BCUT2D eigenvalue weighted by Gasteiger charge is 2.32. The maximum Gasteiger partial charge on any atom is 0.247 e. The van der Waals surface area contributed by atoms with Crippen LogP contribution < -0.4 is 14.6 Å². The standard InChI is InChI=1S/C15H20N2O7S/c1-23-11-3-4-12(24-2)13(9-11)25(21,22)17-7-5-16(6-8-17)14(18)10-15(19)20/h3-4,9H,5-8,10H2,1-2H3,(H,19,20)/p-1. The van der Waals surface area contributed by atoms with Crippen molar-refractivity contribution >= 4 is 21.9 Å². The van der Waals surface area contributed by atoms with Crippen molar-refractivity contribution in [2.75, 3.05) is 40.4 Å². The van der Waals surface area contributed by atoms with Gasteiger partial charge in [-0.1, -0.05) is 0 Å². The molecule has 0 bridgehead atoms. The van der Waals surface area contributed by atoms with Crippen LogP contribution in [0.3, 0.4) is 0 Å². The summed E-state index contributed by atoms with van der Waals surface area (Å²) in [6, 6.07) is 4.47. The minimum atomic E-state index is -3.85. The molecule has 0 aromatic heterocycles. The van der Waals surface area contributed by atoms with Crippen molar-refractivity contribution in [3.63, 3.8) is 0 Å². The number of hydrogen-bond donors (Lipinski definition) is 0. The summed E-state index contributed by atoms with van der Waals surface area (Å²) >= 11 is 0. The zero-order valence-electron chi connectivity index (χ0n) is 13.9. The molecule has 1 saturated heterocycles. The molecule has 0 N–H and O–H groups in total. The van der Waals surface area contributed by atoms with Crippen LogP contribution in [0, 0.1) is 0 Å². The van der Waals surface area contributed by atoms with E-state index >= 15 is 0 Å². The van der Waals surface area contributed by atoms with Gasteiger partial charge in [0.1, 0.15) is 16.4 Å². The van der Waals surface area contributed by atoms with Crippen LogP contribution in [0.25, 0.3) is 0 Å². The summed E-state index contributed by atoms with van der Waals surface area (Å²) in [6.45, 7) is 0.332. The summed E-state index contributed by atoms with van der Waals surface area (Å²) in [5.74, 6) is -1.48. The number of carboxylic acid groups (broad SMARTS) is 1. The first-order valence-electron chi connectivity index (χ1n) is 7.49. The zero-order valence-corrected chi connectivity index (χ0v) is 14.7. The fourth-order valence-electron chi connectivity index (χ4n) is 2.54. The van der Waals surface area contributed by atoms with E-state index in [1.165, 1.54) is 35.6 Å². The van der Waals surface area contributed by atoms with Gasteiger partial charge >= 0.3 is 0 Å². The van der Waals surface area contributed by atoms with Gasteiger partial charge in [-0.25, -0.2) is 8.42 Å². The first kappa shape index (κ1) is 19.0. The quantitative estimate of drug-likeness (QED) is 0.569. The van der Waals surface area contributed by atoms with Crippen LogP contribution in [0.5, 0.6) is 11.5 Å². The molecule has 0 unspecified atom stereocenters. The molecule has 0 atom stereocenters. The van der Waals surface area contributed by atoms with Crippen LogP contribution >= 0.6 is 0 Å². The topological polar surface area (TPSA) is 116 Å². The van der Waals surface area contributed by atoms with Gasteiger partial charge in [0.05, 0.1) is 26.6 Å². The Morgan fingerprint density at radius 3 is 2.28 bits per heavy atom. The smallest absolute Gasteiger partial charge is 0.247 e. The molecule has 138 valence electrons. The maximum atomic E-state index is 12.9. The van der Waals surface area contributed by atoms with Gasteiger partial charge in [0.2, 0.25) is 15.9 Å². The number of methoxy groups -OCH3 is 2. The van der Waals surface area contributed by atoms with E-state index < -0.39 is 28.3 Å². The largest absolute Gasteiger partial charge is 0.550 e. The first-order valence-corrected chi connectivity index (χ1v) is 8.93. The molecule has 25 heavy (non-hydrogen) atoms. The Bertz CT molecular complexity index is 755. The van der Waals surface area contributed by atoms with Gasteiger partial charge < -0.3 is 24.3 Å². The second-order valence-electron chi connectivity index (χ2n) is 5.35. The van der Waals surface area contributed by atoms with Gasteiger partial charge in [-0.15, -0.1) is 0 Å². The van der Waals surface area contributed by atoms with Crippen molar-refractivity contribution in [3.05, 3.63) is 18.2 Å². The number of benzene rings is 1. The van der Waals surface area contributed by atoms with E-state index in [9.17, 15) is 23.1 Å². The Balaban J connectivity index is 2.17. The number of carbonyl (C=O) groups excluding carboxylic acids is 2. The second kappa shape index (κ2) is 7.70. The molecule has 1 aliphatic heterocycles. The number of carbonyl (C=O) groups is 2. The molecule has 1 heterocycles. The lowest BCUT2D eigenvalue weighted by Crippen LogP contribution is -2.51. The lowest BCUT2D eigenvalue weighted by Gasteiger charge is -2.34. The fraction of sp³-hybridized carbons (Fsp3) is 0.467. The molecule has 1 aromatic rings. The normalized spacial score (nSPS) is 15.7. The highest BCUT2D eigenvalue weighted by molar-refractivity contribution is 7.89. The van der Waals surface area contributed by atoms with E-state index in [2.05, 4.69) is 0 Å². The predicted octanol–water partition coefficient (Wildman–Crippen LogP) is -1.32. The van der Waals surface area contributed by atoms with Crippen LogP contribution in [0.4, 0.5) is 0 Å². The van der Waals surface area contributed by atoms with E-state index in [-0.39, 0.29) is 36.8 Å². The number of carboxylic acids is 1. The predicted molar refractivity (Wildman–Crippen MR) is 84.5 cm³/mol. The summed E-state index contributed by atoms with van der Waals surface area (Å²) in [5.41, 5.74) is 0. The third-order valence-electron chi connectivity index (χ3n) is 3.88. The summed E-state index contributed by atoms with van der Waals surface area (Å²) < 4.78 is 37.2. The van der Waals surface area contributed by atoms with Crippen molar-refractivity contribution in [1.29, 1.82) is 0 Å². The lowest BCUT2D eigenvalue weighted by molar-refractivity contribution is -0.304. The average Bonchev–Trinajstić information content (AvgIpc) is 2.60. The highest BCUT2D eigenvalue weighted by atomic mass is 32.2. The van der Waals surface area contributed by atoms with Crippen molar-refractivity contribution in [1.82, 2.24) is 9.21 Å². The molecule has 0 radical (unpaired) electrons. The number of piperazine rings is 1. The molecule has 1 aromatic carbocycles. The third kappa shape index (κ3) is 4.20. The van der Waals surface area contributed by atoms with Crippen molar-refractivity contribution < 1.29 is 32.6 Å². The second-order valence-corrected chi connectivity index (χ2v) is 7.26. The van der Waals surface area contributed by atoms with E-state index in [1.54, 1.807) is 6.07 Å². The SMILES string of the molecule is COc1ccc(OC)c(S(=O)(=O)N2CCN(C(=O)CC(=O)[O-])CC2)c1. The Morgan fingerprint density at radius 2 is 1.76 bits per heavy atom. The van der Waals surface area contributed by atoms with Crippen LogP contribution in [0.1, 0.15) is 6.42 Å². The molecule has 0 spiro atoms. The molecule has 10 heteroatoms. The van der Waals surface area contributed by atoms with Crippen molar-refractivity contribution in [2.24, 2.45) is 0 Å². The van der Waals surface area contributed by atoms with Crippen LogP contribution in [-0.4, -0.2) is 69.9 Å².